The molecule has 0 amide bonds. The molecule has 0 bridgehead atoms. The highest BCUT2D eigenvalue weighted by atomic mass is 35.5. The second kappa shape index (κ2) is 9.31. The van der Waals surface area contributed by atoms with Crippen LogP contribution in [0.2, 0.25) is 5.02 Å². The molecule has 0 aliphatic carbocycles. The van der Waals surface area contributed by atoms with E-state index in [1.807, 2.05) is 0 Å². The van der Waals surface area contributed by atoms with E-state index in [4.69, 9.17) is 11.6 Å². The number of unbranched alkanes of at least 4 members (excludes halogenated alkanes) is 7. The van der Waals surface area contributed by atoms with Crippen molar-refractivity contribution >= 4 is 21.4 Å². The van der Waals surface area contributed by atoms with Crippen LogP contribution in [0, 0.1) is 0 Å². The number of rotatable bonds is 10. The molecule has 0 aliphatic heterocycles. The Balaban J connectivity index is 2.35. The maximum absolute atomic E-state index is 12.2. The molecule has 0 radical (unpaired) electrons. The van der Waals surface area contributed by atoms with Gasteiger partial charge < -0.3 is 5.11 Å². The van der Waals surface area contributed by atoms with Crippen LogP contribution in [0.3, 0.4) is 0 Å². The van der Waals surface area contributed by atoms with Crippen molar-refractivity contribution in [3.8, 4) is 5.75 Å². The van der Waals surface area contributed by atoms with Crippen molar-refractivity contribution in [2.45, 2.75) is 63.2 Å². The predicted molar refractivity (Wildman–Crippen MR) is 87.8 cm³/mol. The van der Waals surface area contributed by atoms with Crippen LogP contribution < -0.4 is 0 Å². The van der Waals surface area contributed by atoms with Crippen LogP contribution in [0.25, 0.3) is 0 Å². The number of benzene rings is 1. The Morgan fingerprint density at radius 1 is 1.00 bits per heavy atom. The molecule has 120 valence electrons. The Hall–Kier alpha value is -0.740. The molecule has 0 saturated carbocycles. The molecule has 21 heavy (non-hydrogen) atoms. The van der Waals surface area contributed by atoms with Crippen molar-refractivity contribution in [3.05, 3.63) is 23.2 Å². The Kier molecular flexibility index (Phi) is 8.12. The van der Waals surface area contributed by atoms with E-state index in [0.717, 1.165) is 12.8 Å². The van der Waals surface area contributed by atoms with Crippen LogP contribution in [0.4, 0.5) is 0 Å². The first-order chi connectivity index (χ1) is 9.97. The van der Waals surface area contributed by atoms with Gasteiger partial charge in [-0.1, -0.05) is 63.5 Å². The van der Waals surface area contributed by atoms with E-state index >= 15 is 0 Å². The lowest BCUT2D eigenvalue weighted by molar-refractivity contribution is 0.458. The molecule has 5 heteroatoms. The van der Waals surface area contributed by atoms with Gasteiger partial charge in [-0.25, -0.2) is 8.42 Å². The van der Waals surface area contributed by atoms with Gasteiger partial charge in [-0.05, 0) is 24.6 Å². The average molecular weight is 333 g/mol. The highest BCUT2D eigenvalue weighted by Crippen LogP contribution is 2.27. The van der Waals surface area contributed by atoms with Gasteiger partial charge in [0, 0.05) is 5.02 Å². The van der Waals surface area contributed by atoms with E-state index in [-0.39, 0.29) is 16.4 Å². The summed E-state index contributed by atoms with van der Waals surface area (Å²) in [5.41, 5.74) is 0. The number of hydrogen-bond acceptors (Lipinski definition) is 3. The number of halogens is 1. The zero-order chi connectivity index (χ0) is 15.7. The zero-order valence-corrected chi connectivity index (χ0v) is 14.2. The molecule has 1 aromatic rings. The molecular formula is C16H25ClO3S. The van der Waals surface area contributed by atoms with Gasteiger partial charge in [0.25, 0.3) is 0 Å². The largest absolute Gasteiger partial charge is 0.507 e. The standard InChI is InChI=1S/C16H25ClO3S/c1-2-3-4-5-6-7-8-9-12-21(19,20)16-13-14(17)10-11-15(16)18/h10-11,13,18H,2-9,12H2,1H3. The van der Waals surface area contributed by atoms with E-state index in [9.17, 15) is 13.5 Å². The second-order valence-electron chi connectivity index (χ2n) is 5.41. The molecule has 0 heterocycles. The van der Waals surface area contributed by atoms with Crippen LogP contribution in [0.15, 0.2) is 23.1 Å². The van der Waals surface area contributed by atoms with Crippen molar-refractivity contribution < 1.29 is 13.5 Å². The molecule has 1 N–H and O–H groups in total. The monoisotopic (exact) mass is 332 g/mol. The summed E-state index contributed by atoms with van der Waals surface area (Å²) < 4.78 is 24.3. The van der Waals surface area contributed by atoms with E-state index in [2.05, 4.69) is 6.92 Å². The summed E-state index contributed by atoms with van der Waals surface area (Å²) in [4.78, 5) is -0.0575. The minimum Gasteiger partial charge on any atom is -0.507 e. The predicted octanol–water partition coefficient (Wildman–Crippen LogP) is 4.96. The molecule has 0 aromatic heterocycles. The van der Waals surface area contributed by atoms with E-state index in [0.29, 0.717) is 11.4 Å². The van der Waals surface area contributed by atoms with Gasteiger partial charge in [0.2, 0.25) is 0 Å². The molecule has 3 nitrogen and oxygen atoms in total. The fourth-order valence-corrected chi connectivity index (χ4v) is 4.01. The molecule has 0 unspecified atom stereocenters. The van der Waals surface area contributed by atoms with Crippen LogP contribution in [-0.4, -0.2) is 19.3 Å². The lowest BCUT2D eigenvalue weighted by Gasteiger charge is -2.07. The second-order valence-corrected chi connectivity index (χ2v) is 7.92. The summed E-state index contributed by atoms with van der Waals surface area (Å²) in [5, 5.41) is 9.98. The Bertz CT molecular complexity index is 526. The fraction of sp³-hybridized carbons (Fsp3) is 0.625. The third-order valence-electron chi connectivity index (χ3n) is 3.52. The number of phenolic OH excluding ortho intramolecular Hbond substituents is 1. The van der Waals surface area contributed by atoms with E-state index < -0.39 is 9.84 Å². The SMILES string of the molecule is CCCCCCCCCCS(=O)(=O)c1cc(Cl)ccc1O. The van der Waals surface area contributed by atoms with Crippen LogP contribution in [-0.2, 0) is 9.84 Å². The van der Waals surface area contributed by atoms with Crippen LogP contribution in [0.5, 0.6) is 5.75 Å². The molecular weight excluding hydrogens is 308 g/mol. The first-order valence-electron chi connectivity index (χ1n) is 7.68. The molecule has 1 rings (SSSR count). The smallest absolute Gasteiger partial charge is 0.182 e. The third-order valence-corrected chi connectivity index (χ3v) is 5.58. The quantitative estimate of drug-likeness (QED) is 0.616. The minimum absolute atomic E-state index is 0.0575. The Labute approximate surface area is 133 Å². The topological polar surface area (TPSA) is 54.4 Å². The molecule has 0 fully saturated rings. The number of aromatic hydroxyl groups is 1. The molecule has 1 aromatic carbocycles. The van der Waals surface area contributed by atoms with Gasteiger partial charge in [-0.15, -0.1) is 0 Å². The molecule has 0 aliphatic rings. The van der Waals surface area contributed by atoms with Gasteiger partial charge in [-0.3, -0.25) is 0 Å². The summed E-state index contributed by atoms with van der Waals surface area (Å²) in [6.07, 6.45) is 8.79. The van der Waals surface area contributed by atoms with Crippen molar-refractivity contribution in [2.75, 3.05) is 5.75 Å². The van der Waals surface area contributed by atoms with Crippen molar-refractivity contribution in [3.63, 3.8) is 0 Å². The summed E-state index contributed by atoms with van der Waals surface area (Å²) in [6.45, 7) is 2.19. The van der Waals surface area contributed by atoms with Crippen molar-refractivity contribution in [2.24, 2.45) is 0 Å². The number of hydrogen-bond donors (Lipinski definition) is 1. The summed E-state index contributed by atoms with van der Waals surface area (Å²) in [5.74, 6) is -0.158. The average Bonchev–Trinajstić information content (AvgIpc) is 2.44. The maximum Gasteiger partial charge on any atom is 0.182 e. The first kappa shape index (κ1) is 18.3. The highest BCUT2D eigenvalue weighted by molar-refractivity contribution is 7.91. The van der Waals surface area contributed by atoms with E-state index in [1.54, 1.807) is 0 Å². The molecule has 0 spiro atoms. The molecule has 0 saturated heterocycles. The number of sulfone groups is 1. The highest BCUT2D eigenvalue weighted by Gasteiger charge is 2.18. The zero-order valence-electron chi connectivity index (χ0n) is 12.6. The molecule has 0 atom stereocenters. The summed E-state index contributed by atoms with van der Waals surface area (Å²) in [7, 11) is -3.45. The Morgan fingerprint density at radius 2 is 1.57 bits per heavy atom. The third kappa shape index (κ3) is 6.70. The van der Waals surface area contributed by atoms with Crippen molar-refractivity contribution in [1.82, 2.24) is 0 Å². The van der Waals surface area contributed by atoms with Crippen molar-refractivity contribution in [1.29, 1.82) is 0 Å². The fourth-order valence-electron chi connectivity index (χ4n) is 2.27. The van der Waals surface area contributed by atoms with Crippen LogP contribution in [0.1, 0.15) is 58.3 Å². The maximum atomic E-state index is 12.2. The van der Waals surface area contributed by atoms with Gasteiger partial charge in [0.15, 0.2) is 9.84 Å². The van der Waals surface area contributed by atoms with Gasteiger partial charge in [0.1, 0.15) is 10.6 Å². The summed E-state index contributed by atoms with van der Waals surface area (Å²) in [6, 6.07) is 4.12. The number of phenols is 1. The van der Waals surface area contributed by atoms with Gasteiger partial charge in [0.05, 0.1) is 5.75 Å². The minimum atomic E-state index is -3.45. The summed E-state index contributed by atoms with van der Waals surface area (Å²) >= 11 is 5.79. The first-order valence-corrected chi connectivity index (χ1v) is 9.71. The van der Waals surface area contributed by atoms with E-state index in [1.165, 1.54) is 50.3 Å². The van der Waals surface area contributed by atoms with Gasteiger partial charge in [-0.2, -0.15) is 0 Å². The normalized spacial score (nSPS) is 11.7. The van der Waals surface area contributed by atoms with Crippen LogP contribution >= 0.6 is 11.6 Å². The lowest BCUT2D eigenvalue weighted by atomic mass is 10.1. The Morgan fingerprint density at radius 3 is 2.19 bits per heavy atom. The lowest BCUT2D eigenvalue weighted by Crippen LogP contribution is -2.07. The van der Waals surface area contributed by atoms with Gasteiger partial charge >= 0.3 is 0 Å².